The molecule has 3 fully saturated rings. The zero-order valence-electron chi connectivity index (χ0n) is 10.6. The van der Waals surface area contributed by atoms with E-state index in [9.17, 15) is 0 Å². The van der Waals surface area contributed by atoms with E-state index in [1.165, 1.54) is 56.1 Å². The van der Waals surface area contributed by atoms with Crippen molar-refractivity contribution in [2.75, 3.05) is 12.3 Å². The minimum Gasteiger partial charge on any atom is -0.313 e. The van der Waals surface area contributed by atoms with Crippen LogP contribution >= 0.6 is 11.8 Å². The molecule has 98 valence electrons. The molecule has 4 nitrogen and oxygen atoms in total. The van der Waals surface area contributed by atoms with Gasteiger partial charge >= 0.3 is 0 Å². The fraction of sp³-hybridized carbons (Fsp3) is 0.846. The SMILES string of the molecule is C1CNC(CSc2nnc(C3CC3)n2C2CC2)C1. The monoisotopic (exact) mass is 264 g/mol. The highest BCUT2D eigenvalue weighted by Gasteiger charge is 2.36. The van der Waals surface area contributed by atoms with Crippen LogP contribution in [0.1, 0.15) is 56.3 Å². The van der Waals surface area contributed by atoms with Gasteiger partial charge in [-0.05, 0) is 45.1 Å². The second-order valence-electron chi connectivity index (χ2n) is 5.82. The van der Waals surface area contributed by atoms with Crippen molar-refractivity contribution in [1.29, 1.82) is 0 Å². The molecular formula is C13H20N4S. The summed E-state index contributed by atoms with van der Waals surface area (Å²) in [4.78, 5) is 0. The van der Waals surface area contributed by atoms with Crippen LogP contribution in [0.3, 0.4) is 0 Å². The molecule has 1 aromatic rings. The number of thioether (sulfide) groups is 1. The van der Waals surface area contributed by atoms with Gasteiger partial charge in [0.1, 0.15) is 5.82 Å². The van der Waals surface area contributed by atoms with Crippen LogP contribution in [-0.4, -0.2) is 33.1 Å². The van der Waals surface area contributed by atoms with Crippen molar-refractivity contribution < 1.29 is 0 Å². The quantitative estimate of drug-likeness (QED) is 0.829. The molecule has 4 rings (SSSR count). The summed E-state index contributed by atoms with van der Waals surface area (Å²) in [7, 11) is 0. The first-order chi connectivity index (χ1) is 8.92. The van der Waals surface area contributed by atoms with E-state index in [1.54, 1.807) is 0 Å². The summed E-state index contributed by atoms with van der Waals surface area (Å²) in [5.74, 6) is 3.15. The predicted octanol–water partition coefficient (Wildman–Crippen LogP) is 2.33. The Morgan fingerprint density at radius 3 is 2.72 bits per heavy atom. The van der Waals surface area contributed by atoms with Gasteiger partial charge in [0.25, 0.3) is 0 Å². The summed E-state index contributed by atoms with van der Waals surface area (Å²) in [5, 5.41) is 13.6. The first-order valence-electron chi connectivity index (χ1n) is 7.23. The summed E-state index contributed by atoms with van der Waals surface area (Å²) in [6, 6.07) is 1.40. The third-order valence-corrected chi connectivity index (χ3v) is 5.23. The largest absolute Gasteiger partial charge is 0.313 e. The lowest BCUT2D eigenvalue weighted by atomic mass is 10.3. The highest BCUT2D eigenvalue weighted by Crippen LogP contribution is 2.46. The first-order valence-corrected chi connectivity index (χ1v) is 8.21. The fourth-order valence-corrected chi connectivity index (χ4v) is 3.87. The van der Waals surface area contributed by atoms with E-state index >= 15 is 0 Å². The normalized spacial score (nSPS) is 27.9. The Morgan fingerprint density at radius 2 is 2.06 bits per heavy atom. The number of aromatic nitrogens is 3. The zero-order chi connectivity index (χ0) is 11.9. The minimum absolute atomic E-state index is 0.684. The van der Waals surface area contributed by atoms with Crippen LogP contribution in [0.15, 0.2) is 5.16 Å². The van der Waals surface area contributed by atoms with Gasteiger partial charge in [-0.3, -0.25) is 0 Å². The van der Waals surface area contributed by atoms with Gasteiger partial charge in [0.15, 0.2) is 5.16 Å². The Balaban J connectivity index is 1.48. The van der Waals surface area contributed by atoms with Gasteiger partial charge < -0.3 is 9.88 Å². The van der Waals surface area contributed by atoms with Crippen molar-refractivity contribution in [1.82, 2.24) is 20.1 Å². The molecule has 5 heteroatoms. The molecule has 0 aromatic carbocycles. The molecule has 0 amide bonds. The van der Waals surface area contributed by atoms with Crippen LogP contribution in [-0.2, 0) is 0 Å². The van der Waals surface area contributed by atoms with Crippen LogP contribution in [0.5, 0.6) is 0 Å². The summed E-state index contributed by atoms with van der Waals surface area (Å²) in [6.07, 6.45) is 7.94. The molecule has 2 aliphatic carbocycles. The van der Waals surface area contributed by atoms with Gasteiger partial charge in [-0.2, -0.15) is 0 Å². The standard InChI is InChI=1S/C13H20N4S/c1-2-10(14-7-1)8-18-13-16-15-12(9-3-4-9)17(13)11-5-6-11/h9-11,14H,1-8H2. The van der Waals surface area contributed by atoms with Crippen LogP contribution in [0.4, 0.5) is 0 Å². The Kier molecular flexibility index (Phi) is 2.84. The molecule has 1 aromatic heterocycles. The van der Waals surface area contributed by atoms with Crippen LogP contribution in [0, 0.1) is 0 Å². The first kappa shape index (κ1) is 11.3. The van der Waals surface area contributed by atoms with Crippen molar-refractivity contribution in [3.63, 3.8) is 0 Å². The number of hydrogen-bond acceptors (Lipinski definition) is 4. The van der Waals surface area contributed by atoms with Crippen molar-refractivity contribution in [3.05, 3.63) is 5.82 Å². The summed E-state index contributed by atoms with van der Waals surface area (Å²) >= 11 is 1.91. The Labute approximate surface area is 112 Å². The molecule has 18 heavy (non-hydrogen) atoms. The van der Waals surface area contributed by atoms with Crippen LogP contribution < -0.4 is 5.32 Å². The van der Waals surface area contributed by atoms with Gasteiger partial charge in [0.05, 0.1) is 0 Å². The topological polar surface area (TPSA) is 42.7 Å². The third-order valence-electron chi connectivity index (χ3n) is 4.12. The van der Waals surface area contributed by atoms with Crippen molar-refractivity contribution >= 4 is 11.8 Å². The maximum Gasteiger partial charge on any atom is 0.191 e. The van der Waals surface area contributed by atoms with Crippen LogP contribution in [0.2, 0.25) is 0 Å². The third kappa shape index (κ3) is 2.18. The minimum atomic E-state index is 0.684. The summed E-state index contributed by atoms with van der Waals surface area (Å²) < 4.78 is 2.46. The average molecular weight is 264 g/mol. The van der Waals surface area contributed by atoms with E-state index in [2.05, 4.69) is 20.1 Å². The van der Waals surface area contributed by atoms with E-state index in [-0.39, 0.29) is 0 Å². The van der Waals surface area contributed by atoms with Crippen LogP contribution in [0.25, 0.3) is 0 Å². The maximum absolute atomic E-state index is 4.46. The van der Waals surface area contributed by atoms with Gasteiger partial charge in [-0.25, -0.2) is 0 Å². The highest BCUT2D eigenvalue weighted by atomic mass is 32.2. The molecule has 0 bridgehead atoms. The number of rotatable bonds is 5. The lowest BCUT2D eigenvalue weighted by Crippen LogP contribution is -2.23. The molecule has 0 spiro atoms. The second-order valence-corrected chi connectivity index (χ2v) is 6.81. The summed E-state index contributed by atoms with van der Waals surface area (Å²) in [6.45, 7) is 1.19. The average Bonchev–Trinajstić information content (AvgIpc) is 3.31. The fourth-order valence-electron chi connectivity index (χ4n) is 2.76. The maximum atomic E-state index is 4.46. The van der Waals surface area contributed by atoms with E-state index in [0.717, 1.165) is 17.7 Å². The molecule has 0 radical (unpaired) electrons. The molecule has 1 atom stereocenters. The summed E-state index contributed by atoms with van der Waals surface area (Å²) in [5.41, 5.74) is 0. The lowest BCUT2D eigenvalue weighted by molar-refractivity contribution is 0.623. The molecule has 2 heterocycles. The number of hydrogen-bond donors (Lipinski definition) is 1. The highest BCUT2D eigenvalue weighted by molar-refractivity contribution is 7.99. The molecule has 1 aliphatic heterocycles. The van der Waals surface area contributed by atoms with E-state index < -0.39 is 0 Å². The predicted molar refractivity (Wildman–Crippen MR) is 72.0 cm³/mol. The van der Waals surface area contributed by atoms with Crippen molar-refractivity contribution in [2.24, 2.45) is 0 Å². The molecule has 1 saturated heterocycles. The zero-order valence-corrected chi connectivity index (χ0v) is 11.5. The van der Waals surface area contributed by atoms with Crippen molar-refractivity contribution in [3.8, 4) is 0 Å². The van der Waals surface area contributed by atoms with Crippen molar-refractivity contribution in [2.45, 2.75) is 61.7 Å². The molecule has 3 aliphatic rings. The lowest BCUT2D eigenvalue weighted by Gasteiger charge is -2.11. The van der Waals surface area contributed by atoms with E-state index in [4.69, 9.17) is 0 Å². The number of nitrogens with zero attached hydrogens (tertiary/aromatic N) is 3. The van der Waals surface area contributed by atoms with Gasteiger partial charge in [-0.15, -0.1) is 10.2 Å². The molecule has 1 N–H and O–H groups in total. The second kappa shape index (κ2) is 4.53. The van der Waals surface area contributed by atoms with Gasteiger partial charge in [0, 0.05) is 23.8 Å². The van der Waals surface area contributed by atoms with Gasteiger partial charge in [-0.1, -0.05) is 11.8 Å². The molecular weight excluding hydrogens is 244 g/mol. The molecule has 2 saturated carbocycles. The van der Waals surface area contributed by atoms with E-state index in [1.807, 2.05) is 11.8 Å². The van der Waals surface area contributed by atoms with Gasteiger partial charge in [0.2, 0.25) is 0 Å². The van der Waals surface area contributed by atoms with E-state index in [0.29, 0.717) is 6.04 Å². The Hall–Kier alpha value is -0.550. The number of nitrogens with one attached hydrogen (secondary N) is 1. The Morgan fingerprint density at radius 1 is 1.17 bits per heavy atom. The smallest absolute Gasteiger partial charge is 0.191 e. The molecule has 1 unspecified atom stereocenters. The Bertz CT molecular complexity index is 430.